The van der Waals surface area contributed by atoms with Gasteiger partial charge in [0.2, 0.25) is 0 Å². The fourth-order valence-electron chi connectivity index (χ4n) is 1.25. The van der Waals surface area contributed by atoms with Crippen LogP contribution in [0.15, 0.2) is 12.1 Å². The maximum absolute atomic E-state index is 11.1. The smallest absolute Gasteiger partial charge is 0.344 e. The number of esters is 1. The molecule has 0 atom stereocenters. The van der Waals surface area contributed by atoms with Crippen molar-refractivity contribution in [3.05, 3.63) is 28.3 Å². The van der Waals surface area contributed by atoms with Gasteiger partial charge in [-0.2, -0.15) is 0 Å². The Bertz CT molecular complexity index is 388. The van der Waals surface area contributed by atoms with E-state index in [0.717, 1.165) is 11.1 Å². The molecule has 0 saturated carbocycles. The molecule has 1 aromatic carbocycles. The molecule has 0 unspecified atom stereocenters. The predicted octanol–water partition coefficient (Wildman–Crippen LogP) is 2.90. The minimum Gasteiger partial charge on any atom is -0.482 e. The molecule has 3 nitrogen and oxygen atoms in total. The molecule has 0 fully saturated rings. The minimum absolute atomic E-state index is 0.0737. The van der Waals surface area contributed by atoms with Gasteiger partial charge in [-0.25, -0.2) is 4.79 Å². The number of benzene rings is 1. The van der Waals surface area contributed by atoms with Crippen LogP contribution < -0.4 is 4.74 Å². The number of aryl methyl sites for hydroxylation is 2. The van der Waals surface area contributed by atoms with E-state index < -0.39 is 0 Å². The molecule has 0 radical (unpaired) electrons. The second kappa shape index (κ2) is 5.75. The molecule has 0 aliphatic carbocycles. The summed E-state index contributed by atoms with van der Waals surface area (Å²) < 4.78 is 10.1. The van der Waals surface area contributed by atoms with Gasteiger partial charge in [-0.15, -0.1) is 0 Å². The van der Waals surface area contributed by atoms with E-state index in [1.807, 2.05) is 26.0 Å². The number of ether oxygens (including phenoxy) is 2. The molecule has 88 valence electrons. The first kappa shape index (κ1) is 12.8. The summed E-state index contributed by atoms with van der Waals surface area (Å²) in [6.07, 6.45) is 0. The Labute approximate surface area is 100 Å². The number of halogens is 1. The highest BCUT2D eigenvalue weighted by molar-refractivity contribution is 6.31. The molecule has 4 heteroatoms. The SMILES string of the molecule is CCOC(=O)COc1cc(C)c(Cl)cc1C. The summed E-state index contributed by atoms with van der Waals surface area (Å²) in [4.78, 5) is 11.1. The average Bonchev–Trinajstić information content (AvgIpc) is 2.22. The number of hydrogen-bond donors (Lipinski definition) is 0. The van der Waals surface area contributed by atoms with Gasteiger partial charge in [0, 0.05) is 5.02 Å². The zero-order valence-electron chi connectivity index (χ0n) is 9.67. The standard InChI is InChI=1S/C12H15ClO3/c1-4-15-12(14)7-16-11-6-8(2)10(13)5-9(11)3/h5-6H,4,7H2,1-3H3. The van der Waals surface area contributed by atoms with Crippen LogP contribution in [0.1, 0.15) is 18.1 Å². The molecule has 0 heterocycles. The molecule has 0 spiro atoms. The van der Waals surface area contributed by atoms with Gasteiger partial charge in [0.15, 0.2) is 6.61 Å². The second-order valence-electron chi connectivity index (χ2n) is 3.46. The molecule has 1 aromatic rings. The highest BCUT2D eigenvalue weighted by Crippen LogP contribution is 2.25. The summed E-state index contributed by atoms with van der Waals surface area (Å²) >= 11 is 5.95. The normalized spacial score (nSPS) is 10.0. The Morgan fingerprint density at radius 1 is 1.31 bits per heavy atom. The van der Waals surface area contributed by atoms with E-state index in [1.165, 1.54) is 0 Å². The van der Waals surface area contributed by atoms with Crippen molar-refractivity contribution >= 4 is 17.6 Å². The Hall–Kier alpha value is -1.22. The summed E-state index contributed by atoms with van der Waals surface area (Å²) in [5, 5.41) is 0.695. The first-order valence-electron chi connectivity index (χ1n) is 5.09. The van der Waals surface area contributed by atoms with Crippen LogP contribution >= 0.6 is 11.6 Å². The van der Waals surface area contributed by atoms with Crippen LogP contribution in [0, 0.1) is 13.8 Å². The lowest BCUT2D eigenvalue weighted by Crippen LogP contribution is -2.15. The third-order valence-electron chi connectivity index (χ3n) is 2.11. The van der Waals surface area contributed by atoms with E-state index in [2.05, 4.69) is 0 Å². The summed E-state index contributed by atoms with van der Waals surface area (Å²) in [5.41, 5.74) is 1.83. The highest BCUT2D eigenvalue weighted by atomic mass is 35.5. The summed E-state index contributed by atoms with van der Waals surface area (Å²) in [6.45, 7) is 5.82. The maximum Gasteiger partial charge on any atom is 0.344 e. The van der Waals surface area contributed by atoms with Crippen LogP contribution in [0.4, 0.5) is 0 Å². The summed E-state index contributed by atoms with van der Waals surface area (Å²) in [7, 11) is 0. The molecule has 0 saturated heterocycles. The summed E-state index contributed by atoms with van der Waals surface area (Å²) in [5.74, 6) is 0.296. The van der Waals surface area contributed by atoms with Crippen LogP contribution in [0.3, 0.4) is 0 Å². The van der Waals surface area contributed by atoms with Crippen LogP contribution in [-0.4, -0.2) is 19.2 Å². The topological polar surface area (TPSA) is 35.5 Å². The summed E-state index contributed by atoms with van der Waals surface area (Å²) in [6, 6.07) is 3.63. The van der Waals surface area contributed by atoms with Gasteiger partial charge < -0.3 is 9.47 Å². The van der Waals surface area contributed by atoms with Crippen LogP contribution in [0.2, 0.25) is 5.02 Å². The van der Waals surface area contributed by atoms with E-state index in [1.54, 1.807) is 6.92 Å². The lowest BCUT2D eigenvalue weighted by Gasteiger charge is -2.10. The number of hydrogen-bond acceptors (Lipinski definition) is 3. The van der Waals surface area contributed by atoms with Gasteiger partial charge in [-0.3, -0.25) is 0 Å². The van der Waals surface area contributed by atoms with E-state index in [9.17, 15) is 4.79 Å². The van der Waals surface area contributed by atoms with Crippen LogP contribution in [-0.2, 0) is 9.53 Å². The number of carbonyl (C=O) groups is 1. The molecule has 1 rings (SSSR count). The Morgan fingerprint density at radius 3 is 2.62 bits per heavy atom. The molecule has 16 heavy (non-hydrogen) atoms. The Morgan fingerprint density at radius 2 is 2.00 bits per heavy atom. The number of carbonyl (C=O) groups excluding carboxylic acids is 1. The first-order chi connectivity index (χ1) is 7.54. The molecule has 0 bridgehead atoms. The molecule has 0 aliphatic heterocycles. The van der Waals surface area contributed by atoms with Gasteiger partial charge in [0.05, 0.1) is 6.61 Å². The van der Waals surface area contributed by atoms with Gasteiger partial charge in [0.1, 0.15) is 5.75 Å². The fourth-order valence-corrected chi connectivity index (χ4v) is 1.47. The molecule has 0 aliphatic rings. The second-order valence-corrected chi connectivity index (χ2v) is 3.87. The van der Waals surface area contributed by atoms with E-state index in [0.29, 0.717) is 17.4 Å². The minimum atomic E-state index is -0.366. The van der Waals surface area contributed by atoms with Gasteiger partial charge in [-0.1, -0.05) is 11.6 Å². The average molecular weight is 243 g/mol. The van der Waals surface area contributed by atoms with Crippen molar-refractivity contribution in [2.45, 2.75) is 20.8 Å². The first-order valence-corrected chi connectivity index (χ1v) is 5.47. The molecule has 0 amide bonds. The maximum atomic E-state index is 11.1. The number of rotatable bonds is 4. The van der Waals surface area contributed by atoms with Crippen LogP contribution in [0.25, 0.3) is 0 Å². The van der Waals surface area contributed by atoms with E-state index in [4.69, 9.17) is 21.1 Å². The van der Waals surface area contributed by atoms with Crippen molar-refractivity contribution in [1.82, 2.24) is 0 Å². The van der Waals surface area contributed by atoms with Crippen molar-refractivity contribution in [2.24, 2.45) is 0 Å². The Kier molecular flexibility index (Phi) is 4.62. The van der Waals surface area contributed by atoms with Crippen molar-refractivity contribution < 1.29 is 14.3 Å². The van der Waals surface area contributed by atoms with Crippen molar-refractivity contribution in [3.8, 4) is 5.75 Å². The molecule has 0 N–H and O–H groups in total. The van der Waals surface area contributed by atoms with Gasteiger partial charge >= 0.3 is 5.97 Å². The third-order valence-corrected chi connectivity index (χ3v) is 2.51. The van der Waals surface area contributed by atoms with Crippen LogP contribution in [0.5, 0.6) is 5.75 Å². The fraction of sp³-hybridized carbons (Fsp3) is 0.417. The lowest BCUT2D eigenvalue weighted by molar-refractivity contribution is -0.145. The quantitative estimate of drug-likeness (QED) is 0.762. The van der Waals surface area contributed by atoms with Crippen molar-refractivity contribution in [3.63, 3.8) is 0 Å². The lowest BCUT2D eigenvalue weighted by atomic mass is 10.1. The van der Waals surface area contributed by atoms with Crippen molar-refractivity contribution in [2.75, 3.05) is 13.2 Å². The van der Waals surface area contributed by atoms with E-state index >= 15 is 0 Å². The molecular weight excluding hydrogens is 228 g/mol. The Balaban J connectivity index is 2.67. The van der Waals surface area contributed by atoms with Crippen molar-refractivity contribution in [1.29, 1.82) is 0 Å². The van der Waals surface area contributed by atoms with E-state index in [-0.39, 0.29) is 12.6 Å². The van der Waals surface area contributed by atoms with Gasteiger partial charge in [-0.05, 0) is 44.0 Å². The largest absolute Gasteiger partial charge is 0.482 e. The highest BCUT2D eigenvalue weighted by Gasteiger charge is 2.07. The van der Waals surface area contributed by atoms with Gasteiger partial charge in [0.25, 0.3) is 0 Å². The monoisotopic (exact) mass is 242 g/mol. The molecule has 0 aromatic heterocycles. The third kappa shape index (κ3) is 3.42. The molecular formula is C12H15ClO3. The predicted molar refractivity (Wildman–Crippen MR) is 63.1 cm³/mol. The zero-order chi connectivity index (χ0) is 12.1. The zero-order valence-corrected chi connectivity index (χ0v) is 10.4.